The molecule has 4 rings (SSSR count). The van der Waals surface area contributed by atoms with E-state index in [-0.39, 0.29) is 36.1 Å². The van der Waals surface area contributed by atoms with Crippen molar-refractivity contribution in [1.82, 2.24) is 14.7 Å². The lowest BCUT2D eigenvalue weighted by molar-refractivity contribution is -0.137. The number of carbonyl (C=O) groups excluding carboxylic acids is 3. The number of nitrogens with zero attached hydrogens (tertiary/aromatic N) is 3. The Morgan fingerprint density at radius 2 is 1.42 bits per heavy atom. The van der Waals surface area contributed by atoms with E-state index in [0.29, 0.717) is 44.2 Å². The normalized spacial score (nSPS) is 19.8. The standard InChI is InChI=1S/C27H33N3O3/c1-19(2)21-9-11-23(12-10-21)26(32)28-13-15-29(16-14-28)27(33)24-17-25(31)30(18-24)20(3)22-7-5-4-6-8-22/h4-12,19-20,24H,13-18H2,1-3H3. The van der Waals surface area contributed by atoms with Crippen molar-refractivity contribution in [2.45, 2.75) is 39.2 Å². The van der Waals surface area contributed by atoms with Crippen molar-refractivity contribution in [3.63, 3.8) is 0 Å². The second-order valence-electron chi connectivity index (χ2n) is 9.43. The molecule has 33 heavy (non-hydrogen) atoms. The van der Waals surface area contributed by atoms with Crippen molar-refractivity contribution in [3.05, 3.63) is 71.3 Å². The van der Waals surface area contributed by atoms with Crippen LogP contribution in [0.1, 0.15) is 60.6 Å². The number of rotatable bonds is 5. The summed E-state index contributed by atoms with van der Waals surface area (Å²) in [5, 5.41) is 0. The summed E-state index contributed by atoms with van der Waals surface area (Å²) in [5.41, 5.74) is 2.97. The fraction of sp³-hybridized carbons (Fsp3) is 0.444. The molecule has 2 aliphatic rings. The minimum absolute atomic E-state index is 0.0105. The van der Waals surface area contributed by atoms with Crippen LogP contribution in [0.15, 0.2) is 54.6 Å². The molecule has 6 heteroatoms. The van der Waals surface area contributed by atoms with Crippen LogP contribution in [0.25, 0.3) is 0 Å². The van der Waals surface area contributed by atoms with Crippen molar-refractivity contribution < 1.29 is 14.4 Å². The molecule has 0 bridgehead atoms. The molecule has 174 valence electrons. The monoisotopic (exact) mass is 447 g/mol. The average Bonchev–Trinajstić information content (AvgIpc) is 3.24. The summed E-state index contributed by atoms with van der Waals surface area (Å²) in [5.74, 6) is 0.187. The van der Waals surface area contributed by atoms with Gasteiger partial charge in [-0.1, -0.05) is 56.3 Å². The third-order valence-corrected chi connectivity index (χ3v) is 6.96. The smallest absolute Gasteiger partial charge is 0.253 e. The molecule has 2 saturated heterocycles. The van der Waals surface area contributed by atoms with E-state index in [1.165, 1.54) is 5.56 Å². The highest BCUT2D eigenvalue weighted by molar-refractivity contribution is 5.94. The van der Waals surface area contributed by atoms with Gasteiger partial charge >= 0.3 is 0 Å². The highest BCUT2D eigenvalue weighted by Gasteiger charge is 2.39. The van der Waals surface area contributed by atoms with Crippen molar-refractivity contribution >= 4 is 17.7 Å². The van der Waals surface area contributed by atoms with Crippen LogP contribution in [-0.2, 0) is 9.59 Å². The van der Waals surface area contributed by atoms with E-state index in [9.17, 15) is 14.4 Å². The maximum absolute atomic E-state index is 13.1. The van der Waals surface area contributed by atoms with Gasteiger partial charge in [-0.15, -0.1) is 0 Å². The van der Waals surface area contributed by atoms with E-state index in [1.807, 2.05) is 76.2 Å². The molecule has 2 heterocycles. The number of hydrogen-bond donors (Lipinski definition) is 0. The fourth-order valence-corrected chi connectivity index (χ4v) is 4.76. The quantitative estimate of drug-likeness (QED) is 0.702. The summed E-state index contributed by atoms with van der Waals surface area (Å²) >= 11 is 0. The Hall–Kier alpha value is -3.15. The number of likely N-dealkylation sites (tertiary alicyclic amines) is 1. The summed E-state index contributed by atoms with van der Waals surface area (Å²) in [6, 6.07) is 17.7. The van der Waals surface area contributed by atoms with Gasteiger partial charge in [0.2, 0.25) is 11.8 Å². The van der Waals surface area contributed by atoms with Crippen molar-refractivity contribution in [2.24, 2.45) is 5.92 Å². The van der Waals surface area contributed by atoms with Gasteiger partial charge in [0.25, 0.3) is 5.91 Å². The van der Waals surface area contributed by atoms with Gasteiger partial charge < -0.3 is 14.7 Å². The molecule has 2 unspecified atom stereocenters. The van der Waals surface area contributed by atoms with Gasteiger partial charge in [0.05, 0.1) is 12.0 Å². The predicted octanol–water partition coefficient (Wildman–Crippen LogP) is 3.70. The Morgan fingerprint density at radius 1 is 0.818 bits per heavy atom. The van der Waals surface area contributed by atoms with Crippen molar-refractivity contribution in [3.8, 4) is 0 Å². The molecule has 0 N–H and O–H groups in total. The van der Waals surface area contributed by atoms with E-state index in [1.54, 1.807) is 0 Å². The molecule has 6 nitrogen and oxygen atoms in total. The number of benzene rings is 2. The molecule has 2 atom stereocenters. The zero-order valence-electron chi connectivity index (χ0n) is 19.7. The van der Waals surface area contributed by atoms with Crippen molar-refractivity contribution in [2.75, 3.05) is 32.7 Å². The predicted molar refractivity (Wildman–Crippen MR) is 128 cm³/mol. The van der Waals surface area contributed by atoms with Crippen molar-refractivity contribution in [1.29, 1.82) is 0 Å². The van der Waals surface area contributed by atoms with Crippen LogP contribution in [0.4, 0.5) is 0 Å². The summed E-state index contributed by atoms with van der Waals surface area (Å²) in [4.78, 5) is 44.1. The molecular weight excluding hydrogens is 414 g/mol. The third-order valence-electron chi connectivity index (χ3n) is 6.96. The average molecular weight is 448 g/mol. The lowest BCUT2D eigenvalue weighted by Crippen LogP contribution is -2.52. The Morgan fingerprint density at radius 3 is 2.03 bits per heavy atom. The second-order valence-corrected chi connectivity index (χ2v) is 9.43. The van der Waals surface area contributed by atoms with E-state index in [2.05, 4.69) is 13.8 Å². The second kappa shape index (κ2) is 9.77. The Bertz CT molecular complexity index is 995. The first-order valence-corrected chi connectivity index (χ1v) is 11.9. The van der Waals surface area contributed by atoms with Crippen LogP contribution in [0.2, 0.25) is 0 Å². The zero-order valence-corrected chi connectivity index (χ0v) is 19.7. The SMILES string of the molecule is CC(C)c1ccc(C(=O)N2CCN(C(=O)C3CC(=O)N(C(C)c4ccccc4)C3)CC2)cc1. The van der Waals surface area contributed by atoms with Crippen LogP contribution in [-0.4, -0.2) is 65.1 Å². The molecule has 2 fully saturated rings. The topological polar surface area (TPSA) is 60.9 Å². The highest BCUT2D eigenvalue weighted by Crippen LogP contribution is 2.29. The maximum atomic E-state index is 13.1. The highest BCUT2D eigenvalue weighted by atomic mass is 16.2. The number of hydrogen-bond acceptors (Lipinski definition) is 3. The van der Waals surface area contributed by atoms with Gasteiger partial charge in [0.15, 0.2) is 0 Å². The maximum Gasteiger partial charge on any atom is 0.253 e. The van der Waals surface area contributed by atoms with Crippen LogP contribution in [0.5, 0.6) is 0 Å². The molecule has 2 aliphatic heterocycles. The molecule has 2 aromatic carbocycles. The Kier molecular flexibility index (Phi) is 6.82. The first-order chi connectivity index (χ1) is 15.8. The molecular formula is C27H33N3O3. The first kappa shape index (κ1) is 23.0. The summed E-state index contributed by atoms with van der Waals surface area (Å²) in [6.45, 7) is 8.77. The third kappa shape index (κ3) is 4.95. The largest absolute Gasteiger partial charge is 0.339 e. The molecule has 0 aromatic heterocycles. The van der Waals surface area contributed by atoms with Gasteiger partial charge in [-0.25, -0.2) is 0 Å². The molecule has 2 aromatic rings. The van der Waals surface area contributed by atoms with Gasteiger partial charge in [0.1, 0.15) is 0 Å². The summed E-state index contributed by atoms with van der Waals surface area (Å²) in [7, 11) is 0. The number of amides is 3. The van der Waals surface area contributed by atoms with E-state index >= 15 is 0 Å². The fourth-order valence-electron chi connectivity index (χ4n) is 4.76. The minimum atomic E-state index is -0.311. The van der Waals surface area contributed by atoms with Crippen LogP contribution >= 0.6 is 0 Å². The number of piperazine rings is 1. The molecule has 0 aliphatic carbocycles. The van der Waals surface area contributed by atoms with Gasteiger partial charge in [-0.3, -0.25) is 14.4 Å². The zero-order chi connectivity index (χ0) is 23.5. The van der Waals surface area contributed by atoms with Gasteiger partial charge in [0, 0.05) is 44.7 Å². The number of carbonyl (C=O) groups is 3. The summed E-state index contributed by atoms with van der Waals surface area (Å²) < 4.78 is 0. The van der Waals surface area contributed by atoms with Crippen LogP contribution < -0.4 is 0 Å². The molecule has 3 amide bonds. The first-order valence-electron chi connectivity index (χ1n) is 11.9. The lowest BCUT2D eigenvalue weighted by atomic mass is 10.0. The van der Waals surface area contributed by atoms with Gasteiger partial charge in [-0.05, 0) is 36.1 Å². The Balaban J connectivity index is 1.32. The van der Waals surface area contributed by atoms with Gasteiger partial charge in [-0.2, -0.15) is 0 Å². The summed E-state index contributed by atoms with van der Waals surface area (Å²) in [6.07, 6.45) is 0.261. The van der Waals surface area contributed by atoms with Crippen LogP contribution in [0.3, 0.4) is 0 Å². The van der Waals surface area contributed by atoms with E-state index in [0.717, 1.165) is 5.56 Å². The Labute approximate surface area is 196 Å². The van der Waals surface area contributed by atoms with E-state index in [4.69, 9.17) is 0 Å². The molecule has 0 radical (unpaired) electrons. The lowest BCUT2D eigenvalue weighted by Gasteiger charge is -2.36. The minimum Gasteiger partial charge on any atom is -0.339 e. The molecule has 0 saturated carbocycles. The van der Waals surface area contributed by atoms with E-state index < -0.39 is 0 Å². The van der Waals surface area contributed by atoms with Crippen LogP contribution in [0, 0.1) is 5.92 Å². The molecule has 0 spiro atoms.